The minimum absolute atomic E-state index is 0.0593. The van der Waals surface area contributed by atoms with E-state index in [0.29, 0.717) is 30.8 Å². The van der Waals surface area contributed by atoms with E-state index in [-0.39, 0.29) is 11.8 Å². The lowest BCUT2D eigenvalue weighted by molar-refractivity contribution is -0.135. The Morgan fingerprint density at radius 3 is 2.33 bits per heavy atom. The number of amides is 1. The highest BCUT2D eigenvalue weighted by atomic mass is 32.2. The molecule has 1 saturated heterocycles. The van der Waals surface area contributed by atoms with Crippen molar-refractivity contribution in [2.75, 3.05) is 13.1 Å². The Morgan fingerprint density at radius 2 is 1.67 bits per heavy atom. The van der Waals surface area contributed by atoms with E-state index in [1.165, 1.54) is 0 Å². The van der Waals surface area contributed by atoms with Gasteiger partial charge in [-0.1, -0.05) is 44.2 Å². The minimum Gasteiger partial charge on any atom is -0.342 e. The average molecular weight is 423 g/mol. The molecule has 1 aromatic heterocycles. The molecule has 0 N–H and O–H groups in total. The van der Waals surface area contributed by atoms with Crippen molar-refractivity contribution in [2.24, 2.45) is 5.92 Å². The molecule has 0 saturated carbocycles. The van der Waals surface area contributed by atoms with Gasteiger partial charge in [-0.25, -0.2) is 8.42 Å². The molecule has 156 valence electrons. The first-order chi connectivity index (χ1) is 14.4. The van der Waals surface area contributed by atoms with E-state index < -0.39 is 15.1 Å². The zero-order valence-electron chi connectivity index (χ0n) is 17.3. The number of pyridine rings is 1. The first-order valence-corrected chi connectivity index (χ1v) is 11.9. The molecule has 2 heterocycles. The third-order valence-electron chi connectivity index (χ3n) is 5.81. The van der Waals surface area contributed by atoms with Crippen molar-refractivity contribution in [3.05, 3.63) is 60.8 Å². The molecule has 4 rings (SSSR count). The van der Waals surface area contributed by atoms with Gasteiger partial charge in [-0.3, -0.25) is 9.78 Å². The molecule has 6 heteroatoms. The second-order valence-corrected chi connectivity index (χ2v) is 10.4. The second kappa shape index (κ2) is 8.19. The molecule has 2 aromatic carbocycles. The highest BCUT2D eigenvalue weighted by Gasteiger charge is 2.33. The predicted molar refractivity (Wildman–Crippen MR) is 119 cm³/mol. The molecular weight excluding hydrogens is 396 g/mol. The third-order valence-corrected chi connectivity index (χ3v) is 8.09. The lowest BCUT2D eigenvalue weighted by Crippen LogP contribution is -2.44. The molecule has 0 bridgehead atoms. The number of fused-ring (bicyclic) bond motifs is 1. The Kier molecular flexibility index (Phi) is 5.60. The number of hydrogen-bond acceptors (Lipinski definition) is 4. The van der Waals surface area contributed by atoms with Gasteiger partial charge in [0, 0.05) is 30.6 Å². The molecule has 1 aliphatic heterocycles. The number of hydrogen-bond donors (Lipinski definition) is 0. The predicted octanol–water partition coefficient (Wildman–Crippen LogP) is 4.32. The van der Waals surface area contributed by atoms with Crippen LogP contribution >= 0.6 is 0 Å². The number of aromatic nitrogens is 1. The molecule has 1 amide bonds. The number of sulfone groups is 1. The summed E-state index contributed by atoms with van der Waals surface area (Å²) in [6, 6.07) is 17.1. The van der Waals surface area contributed by atoms with Gasteiger partial charge in [-0.15, -0.1) is 0 Å². The third kappa shape index (κ3) is 3.97. The fourth-order valence-electron chi connectivity index (χ4n) is 4.03. The van der Waals surface area contributed by atoms with Crippen LogP contribution in [-0.2, 0) is 14.6 Å². The van der Waals surface area contributed by atoms with Crippen molar-refractivity contribution in [2.45, 2.75) is 36.8 Å². The van der Waals surface area contributed by atoms with Crippen LogP contribution in [0.3, 0.4) is 0 Å². The Labute approximate surface area is 177 Å². The van der Waals surface area contributed by atoms with E-state index in [2.05, 4.69) is 4.98 Å². The zero-order valence-corrected chi connectivity index (χ0v) is 18.1. The van der Waals surface area contributed by atoms with Gasteiger partial charge in [-0.05, 0) is 48.2 Å². The summed E-state index contributed by atoms with van der Waals surface area (Å²) in [5.41, 5.74) is 2.87. The largest absolute Gasteiger partial charge is 0.342 e. The number of likely N-dealkylation sites (tertiary alicyclic amines) is 1. The standard InChI is InChI=1S/C24H26N2O3S/c1-17(2)24(27)26-14-11-22(12-15-26)30(28,29)21-9-7-18(8-10-21)20-6-5-19-4-3-13-25-23(19)16-20/h3-10,13,16-17,22H,11-12,14-15H2,1-2H3. The molecule has 0 unspecified atom stereocenters. The van der Waals surface area contributed by atoms with Gasteiger partial charge in [0.2, 0.25) is 5.91 Å². The van der Waals surface area contributed by atoms with Crippen LogP contribution in [-0.4, -0.2) is 42.5 Å². The van der Waals surface area contributed by atoms with E-state index >= 15 is 0 Å². The molecule has 5 nitrogen and oxygen atoms in total. The minimum atomic E-state index is -3.42. The fourth-order valence-corrected chi connectivity index (χ4v) is 5.76. The van der Waals surface area contributed by atoms with Crippen LogP contribution in [0.4, 0.5) is 0 Å². The number of rotatable bonds is 4. The summed E-state index contributed by atoms with van der Waals surface area (Å²) in [4.78, 5) is 18.7. The molecule has 0 aliphatic carbocycles. The van der Waals surface area contributed by atoms with Crippen LogP contribution in [0.25, 0.3) is 22.0 Å². The highest BCUT2D eigenvalue weighted by Crippen LogP contribution is 2.28. The van der Waals surface area contributed by atoms with Gasteiger partial charge in [0.15, 0.2) is 9.84 Å². The molecule has 1 aliphatic rings. The van der Waals surface area contributed by atoms with Crippen molar-refractivity contribution in [1.82, 2.24) is 9.88 Å². The van der Waals surface area contributed by atoms with Crippen LogP contribution in [0, 0.1) is 5.92 Å². The maximum absolute atomic E-state index is 13.1. The number of benzene rings is 2. The number of carbonyl (C=O) groups is 1. The molecule has 3 aromatic rings. The van der Waals surface area contributed by atoms with Gasteiger partial charge in [0.25, 0.3) is 0 Å². The molecule has 0 spiro atoms. The number of nitrogens with zero attached hydrogens (tertiary/aromatic N) is 2. The quantitative estimate of drug-likeness (QED) is 0.628. The van der Waals surface area contributed by atoms with Gasteiger partial charge in [0.1, 0.15) is 0 Å². The number of piperidine rings is 1. The van der Waals surface area contributed by atoms with Crippen molar-refractivity contribution < 1.29 is 13.2 Å². The normalized spacial score (nSPS) is 15.6. The maximum Gasteiger partial charge on any atom is 0.225 e. The van der Waals surface area contributed by atoms with Crippen molar-refractivity contribution >= 4 is 26.6 Å². The molecule has 30 heavy (non-hydrogen) atoms. The topological polar surface area (TPSA) is 67.3 Å². The van der Waals surface area contributed by atoms with E-state index in [0.717, 1.165) is 22.0 Å². The van der Waals surface area contributed by atoms with Crippen LogP contribution in [0.5, 0.6) is 0 Å². The smallest absolute Gasteiger partial charge is 0.225 e. The Hall–Kier alpha value is -2.73. The maximum atomic E-state index is 13.1. The average Bonchev–Trinajstić information content (AvgIpc) is 2.78. The molecule has 1 fully saturated rings. The monoisotopic (exact) mass is 422 g/mol. The highest BCUT2D eigenvalue weighted by molar-refractivity contribution is 7.92. The summed E-state index contributed by atoms with van der Waals surface area (Å²) in [5.74, 6) is 0.0380. The summed E-state index contributed by atoms with van der Waals surface area (Å²) >= 11 is 0. The van der Waals surface area contributed by atoms with Gasteiger partial charge in [-0.2, -0.15) is 0 Å². The molecule has 0 radical (unpaired) electrons. The first-order valence-electron chi connectivity index (χ1n) is 10.3. The summed E-state index contributed by atoms with van der Waals surface area (Å²) in [7, 11) is -3.42. The first kappa shape index (κ1) is 20.5. The lowest BCUT2D eigenvalue weighted by atomic mass is 10.0. The van der Waals surface area contributed by atoms with Gasteiger partial charge >= 0.3 is 0 Å². The zero-order chi connectivity index (χ0) is 21.3. The van der Waals surface area contributed by atoms with Crippen LogP contribution in [0.1, 0.15) is 26.7 Å². The summed E-state index contributed by atoms with van der Waals surface area (Å²) in [5, 5.41) is 0.632. The summed E-state index contributed by atoms with van der Waals surface area (Å²) in [6.45, 7) is 4.75. The van der Waals surface area contributed by atoms with E-state index in [9.17, 15) is 13.2 Å². The summed E-state index contributed by atoms with van der Waals surface area (Å²) in [6.07, 6.45) is 2.74. The molecular formula is C24H26N2O3S. The Morgan fingerprint density at radius 1 is 1.00 bits per heavy atom. The molecule has 0 atom stereocenters. The SMILES string of the molecule is CC(C)C(=O)N1CCC(S(=O)(=O)c2ccc(-c3ccc4cccnc4c3)cc2)CC1. The van der Waals surface area contributed by atoms with Crippen molar-refractivity contribution in [1.29, 1.82) is 0 Å². The second-order valence-electron chi connectivity index (χ2n) is 8.16. The summed E-state index contributed by atoms with van der Waals surface area (Å²) < 4.78 is 26.2. The van der Waals surface area contributed by atoms with Crippen molar-refractivity contribution in [3.8, 4) is 11.1 Å². The van der Waals surface area contributed by atoms with E-state index in [1.54, 1.807) is 23.2 Å². The number of carbonyl (C=O) groups excluding carboxylic acids is 1. The van der Waals surface area contributed by atoms with Crippen molar-refractivity contribution in [3.63, 3.8) is 0 Å². The van der Waals surface area contributed by atoms with Gasteiger partial charge in [0.05, 0.1) is 15.7 Å². The van der Waals surface area contributed by atoms with Crippen LogP contribution in [0.15, 0.2) is 65.7 Å². The van der Waals surface area contributed by atoms with E-state index in [1.807, 2.05) is 56.3 Å². The van der Waals surface area contributed by atoms with Crippen LogP contribution in [0.2, 0.25) is 0 Å². The lowest BCUT2D eigenvalue weighted by Gasteiger charge is -2.32. The van der Waals surface area contributed by atoms with Crippen LogP contribution < -0.4 is 0 Å². The fraction of sp³-hybridized carbons (Fsp3) is 0.333. The Bertz CT molecular complexity index is 1160. The van der Waals surface area contributed by atoms with E-state index in [4.69, 9.17) is 0 Å². The van der Waals surface area contributed by atoms with Gasteiger partial charge < -0.3 is 4.90 Å². The Balaban J connectivity index is 1.51.